The lowest BCUT2D eigenvalue weighted by molar-refractivity contribution is -0.148. The molecule has 1 fully saturated rings. The Morgan fingerprint density at radius 1 is 1.05 bits per heavy atom. The molecule has 12 heteroatoms. The second-order valence-corrected chi connectivity index (χ2v) is 13.5. The predicted molar refractivity (Wildman–Crippen MR) is 171 cm³/mol. The van der Waals surface area contributed by atoms with Gasteiger partial charge in [0.1, 0.15) is 21.9 Å². The van der Waals surface area contributed by atoms with Crippen molar-refractivity contribution in [3.8, 4) is 5.88 Å². The van der Waals surface area contributed by atoms with Crippen molar-refractivity contribution in [2.75, 3.05) is 12.9 Å². The van der Waals surface area contributed by atoms with E-state index in [4.69, 9.17) is 4.74 Å². The summed E-state index contributed by atoms with van der Waals surface area (Å²) >= 11 is 4.12. The summed E-state index contributed by atoms with van der Waals surface area (Å²) in [4.78, 5) is 49.8. The number of thiophene rings is 1. The minimum absolute atomic E-state index is 0.0836. The van der Waals surface area contributed by atoms with Crippen molar-refractivity contribution in [2.45, 2.75) is 34.0 Å². The number of nitrogens with one attached hydrogen (secondary N) is 1. The molecule has 0 saturated carbocycles. The van der Waals surface area contributed by atoms with Crippen LogP contribution in [0, 0.1) is 0 Å². The van der Waals surface area contributed by atoms with Crippen LogP contribution < -0.4 is 10.1 Å². The van der Waals surface area contributed by atoms with Crippen LogP contribution in [0.15, 0.2) is 107 Å². The molecule has 4 aromatic rings. The van der Waals surface area contributed by atoms with Gasteiger partial charge in [0.2, 0.25) is 17.7 Å². The summed E-state index contributed by atoms with van der Waals surface area (Å²) in [5.41, 5.74) is 2.02. The van der Waals surface area contributed by atoms with Crippen molar-refractivity contribution in [2.24, 2.45) is 0 Å². The number of aromatic nitrogens is 2. The van der Waals surface area contributed by atoms with Gasteiger partial charge in [-0.15, -0.1) is 23.1 Å². The van der Waals surface area contributed by atoms with Gasteiger partial charge in [0.05, 0.1) is 7.11 Å². The highest BCUT2D eigenvalue weighted by molar-refractivity contribution is 8.02. The lowest BCUT2D eigenvalue weighted by Crippen LogP contribution is -2.67. The zero-order valence-electron chi connectivity index (χ0n) is 23.7. The number of nitrogens with zero attached hydrogens (tertiary/aromatic N) is 3. The van der Waals surface area contributed by atoms with Crippen molar-refractivity contribution < 1.29 is 24.2 Å². The number of carboxylic acids is 1. The zero-order valence-corrected chi connectivity index (χ0v) is 26.2. The standard InChI is InChI=1S/C32H28N4O5S3/c1-19(37)35-32(25(20-10-5-3-6-11-20)21-12-7-4-8-13-21)22(18-43-28-27(41-2)33-15-16-34-28)26(31(39)40)36-29(38)24(30(36)44-32)23-14-9-17-42-23/h3-17,24-25,30H,18H2,1-2H3,(H,35,37)(H,39,40)/t24?,30-,32?/m1/s1. The molecule has 224 valence electrons. The minimum atomic E-state index is -1.30. The largest absolute Gasteiger partial charge is 0.479 e. The predicted octanol–water partition coefficient (Wildman–Crippen LogP) is 5.34. The van der Waals surface area contributed by atoms with E-state index in [1.165, 1.54) is 66.2 Å². The van der Waals surface area contributed by atoms with Crippen molar-refractivity contribution in [3.63, 3.8) is 0 Å². The van der Waals surface area contributed by atoms with Crippen LogP contribution in [-0.4, -0.2) is 60.9 Å². The van der Waals surface area contributed by atoms with Gasteiger partial charge >= 0.3 is 5.97 Å². The third kappa shape index (κ3) is 5.27. The molecular weight excluding hydrogens is 617 g/mol. The smallest absolute Gasteiger partial charge is 0.352 e. The third-order valence-electron chi connectivity index (χ3n) is 7.59. The Morgan fingerprint density at radius 2 is 1.70 bits per heavy atom. The number of rotatable bonds is 10. The number of thioether (sulfide) groups is 2. The Kier molecular flexibility index (Phi) is 8.48. The summed E-state index contributed by atoms with van der Waals surface area (Å²) < 4.78 is 5.42. The van der Waals surface area contributed by atoms with E-state index in [-0.39, 0.29) is 23.3 Å². The Morgan fingerprint density at radius 3 is 2.27 bits per heavy atom. The third-order valence-corrected chi connectivity index (χ3v) is 11.2. The first kappa shape index (κ1) is 29.9. The van der Waals surface area contributed by atoms with Crippen molar-refractivity contribution >= 4 is 52.6 Å². The average molecular weight is 645 g/mol. The van der Waals surface area contributed by atoms with Crippen LogP contribution in [0.5, 0.6) is 5.88 Å². The summed E-state index contributed by atoms with van der Waals surface area (Å²) in [6.07, 6.45) is 3.04. The van der Waals surface area contributed by atoms with Gasteiger partial charge < -0.3 is 15.2 Å². The van der Waals surface area contributed by atoms with Crippen LogP contribution in [0.3, 0.4) is 0 Å². The number of amides is 2. The number of hydrogen-bond donors (Lipinski definition) is 2. The monoisotopic (exact) mass is 644 g/mol. The molecule has 2 N–H and O–H groups in total. The van der Waals surface area contributed by atoms with E-state index in [1.807, 2.05) is 78.2 Å². The molecule has 3 atom stereocenters. The molecule has 0 bridgehead atoms. The Balaban J connectivity index is 1.62. The molecule has 4 heterocycles. The van der Waals surface area contributed by atoms with Crippen LogP contribution in [0.1, 0.15) is 34.8 Å². The van der Waals surface area contributed by atoms with E-state index in [0.29, 0.717) is 16.5 Å². The first-order valence-corrected chi connectivity index (χ1v) is 16.5. The number of carboxylic acid groups (broad SMARTS) is 1. The lowest BCUT2D eigenvalue weighted by atomic mass is 9.79. The van der Waals surface area contributed by atoms with Gasteiger partial charge in [-0.1, -0.05) is 78.5 Å². The fourth-order valence-corrected chi connectivity index (χ4v) is 9.95. The molecule has 2 unspecified atom stereocenters. The topological polar surface area (TPSA) is 122 Å². The number of methoxy groups -OCH3 is 1. The second-order valence-electron chi connectivity index (χ2n) is 10.2. The van der Waals surface area contributed by atoms with E-state index in [1.54, 1.807) is 0 Å². The molecule has 0 aliphatic carbocycles. The summed E-state index contributed by atoms with van der Waals surface area (Å²) in [6.45, 7) is 1.43. The van der Waals surface area contributed by atoms with Gasteiger partial charge in [0.25, 0.3) is 0 Å². The Hall–Kier alpha value is -4.13. The van der Waals surface area contributed by atoms with Crippen LogP contribution in [0.25, 0.3) is 0 Å². The number of β-lactam (4-membered cyclic amide) rings is 1. The van der Waals surface area contributed by atoms with Crippen molar-refractivity contribution in [3.05, 3.63) is 118 Å². The molecule has 2 aromatic heterocycles. The number of carbonyl (C=O) groups excluding carboxylic acids is 2. The van der Waals surface area contributed by atoms with Crippen LogP contribution in [0.4, 0.5) is 0 Å². The van der Waals surface area contributed by atoms with Crippen LogP contribution >= 0.6 is 34.9 Å². The average Bonchev–Trinajstić information content (AvgIpc) is 3.55. The molecule has 44 heavy (non-hydrogen) atoms. The fraction of sp³-hybridized carbons (Fsp3) is 0.219. The normalized spacial score (nSPS) is 21.1. The van der Waals surface area contributed by atoms with Crippen LogP contribution in [-0.2, 0) is 14.4 Å². The minimum Gasteiger partial charge on any atom is -0.479 e. The molecule has 2 aliphatic heterocycles. The molecule has 1 saturated heterocycles. The SMILES string of the molecule is COc1nccnc1SCC1=C(C(=O)O)N2C(=O)C(c3cccs3)[C@H]2SC1(NC(C)=O)C(c1ccccc1)c1ccccc1. The molecule has 0 spiro atoms. The maximum absolute atomic E-state index is 13.8. The van der Waals surface area contributed by atoms with E-state index < -0.39 is 28.0 Å². The van der Waals surface area contributed by atoms with E-state index in [9.17, 15) is 19.5 Å². The van der Waals surface area contributed by atoms with Gasteiger partial charge in [-0.3, -0.25) is 14.5 Å². The summed E-state index contributed by atoms with van der Waals surface area (Å²) in [5.74, 6) is -2.55. The molecular formula is C32H28N4O5S3. The van der Waals surface area contributed by atoms with Crippen molar-refractivity contribution in [1.82, 2.24) is 20.2 Å². The van der Waals surface area contributed by atoms with Gasteiger partial charge in [-0.25, -0.2) is 14.8 Å². The second kappa shape index (κ2) is 12.5. The van der Waals surface area contributed by atoms with Gasteiger partial charge in [-0.05, 0) is 22.6 Å². The number of hydrogen-bond acceptors (Lipinski definition) is 9. The zero-order chi connectivity index (χ0) is 30.8. The Labute approximate surface area is 266 Å². The van der Waals surface area contributed by atoms with Crippen molar-refractivity contribution in [1.29, 1.82) is 0 Å². The maximum Gasteiger partial charge on any atom is 0.352 e. The number of benzene rings is 2. The van der Waals surface area contributed by atoms with Gasteiger partial charge in [0, 0.05) is 41.4 Å². The summed E-state index contributed by atoms with van der Waals surface area (Å²) in [7, 11) is 1.49. The molecule has 0 radical (unpaired) electrons. The number of aliphatic carboxylic acids is 1. The van der Waals surface area contributed by atoms with E-state index >= 15 is 0 Å². The maximum atomic E-state index is 13.8. The number of fused-ring (bicyclic) bond motifs is 1. The fourth-order valence-electron chi connectivity index (χ4n) is 5.87. The highest BCUT2D eigenvalue weighted by Crippen LogP contribution is 2.60. The van der Waals surface area contributed by atoms with Gasteiger partial charge in [0.15, 0.2) is 5.03 Å². The molecule has 2 aromatic carbocycles. The molecule has 2 amide bonds. The lowest BCUT2D eigenvalue weighted by Gasteiger charge is -2.57. The molecule has 6 rings (SSSR count). The summed E-state index contributed by atoms with van der Waals surface area (Å²) in [6, 6.07) is 23.2. The number of carbonyl (C=O) groups is 3. The highest BCUT2D eigenvalue weighted by atomic mass is 32.2. The molecule has 9 nitrogen and oxygen atoms in total. The highest BCUT2D eigenvalue weighted by Gasteiger charge is 2.63. The molecule has 2 aliphatic rings. The van der Waals surface area contributed by atoms with E-state index in [0.717, 1.165) is 16.0 Å². The first-order chi connectivity index (χ1) is 21.4. The first-order valence-electron chi connectivity index (χ1n) is 13.7. The quantitative estimate of drug-likeness (QED) is 0.174. The van der Waals surface area contributed by atoms with Gasteiger partial charge in [-0.2, -0.15) is 0 Å². The summed E-state index contributed by atoms with van der Waals surface area (Å²) in [5, 5.41) is 15.9. The van der Waals surface area contributed by atoms with E-state index in [2.05, 4.69) is 15.3 Å². The number of ether oxygens (including phenoxy) is 1. The van der Waals surface area contributed by atoms with Crippen LogP contribution in [0.2, 0.25) is 0 Å². The Bertz CT molecular complexity index is 1680.